The lowest BCUT2D eigenvalue weighted by Gasteiger charge is -2.18. The van der Waals surface area contributed by atoms with Gasteiger partial charge < -0.3 is 14.8 Å². The van der Waals surface area contributed by atoms with Gasteiger partial charge in [0.05, 0.1) is 13.2 Å². The van der Waals surface area contributed by atoms with E-state index in [1.807, 2.05) is 18.2 Å². The molecule has 2 aromatic rings. The fraction of sp³-hybridized carbons (Fsp3) is 0.412. The predicted molar refractivity (Wildman–Crippen MR) is 91.8 cm³/mol. The van der Waals surface area contributed by atoms with Crippen LogP contribution in [0.15, 0.2) is 28.9 Å². The van der Waals surface area contributed by atoms with E-state index in [0.717, 1.165) is 27.4 Å². The van der Waals surface area contributed by atoms with E-state index in [1.165, 1.54) is 0 Å². The summed E-state index contributed by atoms with van der Waals surface area (Å²) in [5.41, 5.74) is 0. The van der Waals surface area contributed by atoms with Crippen molar-refractivity contribution in [3.63, 3.8) is 0 Å². The minimum Gasteiger partial charge on any atom is -0.497 e. The van der Waals surface area contributed by atoms with Crippen LogP contribution in [0.3, 0.4) is 0 Å². The smallest absolute Gasteiger partial charge is 0.221 e. The first-order valence-electron chi connectivity index (χ1n) is 7.66. The van der Waals surface area contributed by atoms with Crippen molar-refractivity contribution in [3.8, 4) is 11.6 Å². The highest BCUT2D eigenvalue weighted by molar-refractivity contribution is 9.10. The third kappa shape index (κ3) is 3.27. The minimum absolute atomic E-state index is 0.0404. The number of benzene rings is 1. The Kier molecular flexibility index (Phi) is 4.71. The molecule has 23 heavy (non-hydrogen) atoms. The normalized spacial score (nSPS) is 20.6. The monoisotopic (exact) mass is 378 g/mol. The molecule has 3 rings (SSSR count). The summed E-state index contributed by atoms with van der Waals surface area (Å²) in [6, 6.07) is 5.83. The summed E-state index contributed by atoms with van der Waals surface area (Å²) >= 11 is 3.51. The summed E-state index contributed by atoms with van der Waals surface area (Å²) in [6.45, 7) is 2.52. The molecule has 1 saturated heterocycles. The van der Waals surface area contributed by atoms with E-state index < -0.39 is 0 Å². The van der Waals surface area contributed by atoms with E-state index in [-0.39, 0.29) is 11.9 Å². The predicted octanol–water partition coefficient (Wildman–Crippen LogP) is 3.30. The van der Waals surface area contributed by atoms with Crippen molar-refractivity contribution in [1.29, 1.82) is 0 Å². The van der Waals surface area contributed by atoms with Crippen LogP contribution in [0.5, 0.6) is 11.6 Å². The summed E-state index contributed by atoms with van der Waals surface area (Å²) in [7, 11) is 1.63. The van der Waals surface area contributed by atoms with Crippen LogP contribution in [0.25, 0.3) is 10.8 Å². The topological polar surface area (TPSA) is 60.5 Å². The van der Waals surface area contributed by atoms with Crippen LogP contribution in [0.4, 0.5) is 0 Å². The number of ether oxygens (including phenoxy) is 2. The molecule has 0 aliphatic carbocycles. The summed E-state index contributed by atoms with van der Waals surface area (Å²) < 4.78 is 12.1. The van der Waals surface area contributed by atoms with Gasteiger partial charge in [0.2, 0.25) is 11.8 Å². The number of halogens is 1. The van der Waals surface area contributed by atoms with Gasteiger partial charge in [-0.3, -0.25) is 4.79 Å². The van der Waals surface area contributed by atoms with Gasteiger partial charge in [-0.25, -0.2) is 4.98 Å². The zero-order valence-corrected chi connectivity index (χ0v) is 14.7. The number of fused-ring (bicyclic) bond motifs is 1. The molecule has 1 fully saturated rings. The quantitative estimate of drug-likeness (QED) is 0.866. The number of amides is 1. The fourth-order valence-corrected chi connectivity index (χ4v) is 3.39. The number of nitrogens with zero attached hydrogens (tertiary/aromatic N) is 1. The van der Waals surface area contributed by atoms with Crippen LogP contribution in [-0.2, 0) is 4.79 Å². The third-order valence-corrected chi connectivity index (χ3v) is 4.93. The van der Waals surface area contributed by atoms with E-state index in [0.29, 0.717) is 24.8 Å². The SMILES string of the molecule is CC[C@@H]1CC(=O)N[C@@H]1COc1ncc(Br)c2ccc(OC)cc12. The Morgan fingerprint density at radius 2 is 2.22 bits per heavy atom. The summed E-state index contributed by atoms with van der Waals surface area (Å²) in [5, 5.41) is 4.88. The van der Waals surface area contributed by atoms with Gasteiger partial charge in [0.1, 0.15) is 12.4 Å². The average molecular weight is 379 g/mol. The van der Waals surface area contributed by atoms with Crippen LogP contribution < -0.4 is 14.8 Å². The lowest BCUT2D eigenvalue weighted by atomic mass is 9.98. The van der Waals surface area contributed by atoms with Gasteiger partial charge in [0, 0.05) is 27.9 Å². The van der Waals surface area contributed by atoms with E-state index in [2.05, 4.69) is 33.2 Å². The average Bonchev–Trinajstić information content (AvgIpc) is 2.94. The molecule has 0 radical (unpaired) electrons. The Bertz CT molecular complexity index is 735. The van der Waals surface area contributed by atoms with Crippen LogP contribution >= 0.6 is 15.9 Å². The zero-order chi connectivity index (χ0) is 16.4. The van der Waals surface area contributed by atoms with Crippen LogP contribution in [0.1, 0.15) is 19.8 Å². The first-order chi connectivity index (χ1) is 11.1. The molecule has 1 N–H and O–H groups in total. The number of aromatic nitrogens is 1. The number of hydrogen-bond acceptors (Lipinski definition) is 4. The molecule has 0 unspecified atom stereocenters. The number of methoxy groups -OCH3 is 1. The van der Waals surface area contributed by atoms with Crippen molar-refractivity contribution >= 4 is 32.6 Å². The third-order valence-electron chi connectivity index (χ3n) is 4.30. The fourth-order valence-electron chi connectivity index (χ4n) is 2.94. The molecule has 6 heteroatoms. The van der Waals surface area contributed by atoms with Crippen LogP contribution in [0.2, 0.25) is 0 Å². The lowest BCUT2D eigenvalue weighted by molar-refractivity contribution is -0.119. The second-order valence-corrected chi connectivity index (χ2v) is 6.53. The lowest BCUT2D eigenvalue weighted by Crippen LogP contribution is -2.34. The number of hydrogen-bond donors (Lipinski definition) is 1. The highest BCUT2D eigenvalue weighted by Crippen LogP contribution is 2.32. The largest absolute Gasteiger partial charge is 0.497 e. The van der Waals surface area contributed by atoms with Crippen molar-refractivity contribution in [2.24, 2.45) is 5.92 Å². The Labute approximate surface area is 143 Å². The van der Waals surface area contributed by atoms with Gasteiger partial charge in [0.25, 0.3) is 0 Å². The molecule has 0 spiro atoms. The van der Waals surface area contributed by atoms with Gasteiger partial charge in [0.15, 0.2) is 0 Å². The molecule has 5 nitrogen and oxygen atoms in total. The van der Waals surface area contributed by atoms with Gasteiger partial charge in [-0.1, -0.05) is 13.3 Å². The van der Waals surface area contributed by atoms with Crippen molar-refractivity contribution in [3.05, 3.63) is 28.9 Å². The first kappa shape index (κ1) is 16.1. The highest BCUT2D eigenvalue weighted by Gasteiger charge is 2.31. The zero-order valence-electron chi connectivity index (χ0n) is 13.1. The number of pyridine rings is 1. The first-order valence-corrected chi connectivity index (χ1v) is 8.46. The van der Waals surface area contributed by atoms with Crippen LogP contribution in [-0.4, -0.2) is 30.6 Å². The van der Waals surface area contributed by atoms with Gasteiger partial charge in [-0.05, 0) is 40.0 Å². The van der Waals surface area contributed by atoms with E-state index in [4.69, 9.17) is 9.47 Å². The summed E-state index contributed by atoms with van der Waals surface area (Å²) in [5.74, 6) is 1.72. The van der Waals surface area contributed by atoms with Crippen molar-refractivity contribution < 1.29 is 14.3 Å². The Morgan fingerprint density at radius 3 is 2.96 bits per heavy atom. The molecule has 1 aromatic carbocycles. The maximum absolute atomic E-state index is 11.6. The van der Waals surface area contributed by atoms with Crippen LogP contribution in [0, 0.1) is 5.92 Å². The van der Waals surface area contributed by atoms with Gasteiger partial charge in [-0.15, -0.1) is 0 Å². The molecular weight excluding hydrogens is 360 g/mol. The molecule has 0 bridgehead atoms. The highest BCUT2D eigenvalue weighted by atomic mass is 79.9. The second-order valence-electron chi connectivity index (χ2n) is 5.68. The molecule has 1 aliphatic rings. The second kappa shape index (κ2) is 6.74. The standard InChI is InChI=1S/C17H19BrN2O3/c1-3-10-6-16(21)20-15(10)9-23-17-13-7-11(22-2)4-5-12(13)14(18)8-19-17/h4-5,7-8,10,15H,3,6,9H2,1-2H3,(H,20,21)/t10-,15-/m1/s1. The molecule has 0 saturated carbocycles. The maximum Gasteiger partial charge on any atom is 0.221 e. The maximum atomic E-state index is 11.6. The molecule has 122 valence electrons. The van der Waals surface area contributed by atoms with Gasteiger partial charge in [-0.2, -0.15) is 0 Å². The number of rotatable bonds is 5. The number of carbonyl (C=O) groups excluding carboxylic acids is 1. The Morgan fingerprint density at radius 1 is 1.39 bits per heavy atom. The molecule has 1 aromatic heterocycles. The molecular formula is C17H19BrN2O3. The molecule has 2 atom stereocenters. The van der Waals surface area contributed by atoms with Gasteiger partial charge >= 0.3 is 0 Å². The Hall–Kier alpha value is -1.82. The number of nitrogens with one attached hydrogen (secondary N) is 1. The number of carbonyl (C=O) groups is 1. The summed E-state index contributed by atoms with van der Waals surface area (Å²) in [6.07, 6.45) is 3.26. The molecule has 1 aliphatic heterocycles. The van der Waals surface area contributed by atoms with E-state index in [9.17, 15) is 4.79 Å². The molecule has 1 amide bonds. The summed E-state index contributed by atoms with van der Waals surface area (Å²) in [4.78, 5) is 15.9. The van der Waals surface area contributed by atoms with Crippen molar-refractivity contribution in [2.75, 3.05) is 13.7 Å². The van der Waals surface area contributed by atoms with E-state index in [1.54, 1.807) is 13.3 Å². The van der Waals surface area contributed by atoms with Crippen molar-refractivity contribution in [1.82, 2.24) is 10.3 Å². The van der Waals surface area contributed by atoms with E-state index >= 15 is 0 Å². The minimum atomic E-state index is 0.0404. The van der Waals surface area contributed by atoms with Crippen molar-refractivity contribution in [2.45, 2.75) is 25.8 Å². The Balaban J connectivity index is 1.85. The molecule has 2 heterocycles.